The van der Waals surface area contributed by atoms with Crippen LogP contribution < -0.4 is 5.32 Å². The van der Waals surface area contributed by atoms with Crippen LogP contribution in [0, 0.1) is 0 Å². The molecular formula is C12H19NO2. The fraction of sp³-hybridized carbons (Fsp3) is 0.500. The molecule has 84 valence electrons. The van der Waals surface area contributed by atoms with E-state index in [1.165, 1.54) is 0 Å². The van der Waals surface area contributed by atoms with Gasteiger partial charge in [0, 0.05) is 0 Å². The quantitative estimate of drug-likeness (QED) is 0.554. The Bertz CT molecular complexity index is 304. The van der Waals surface area contributed by atoms with Crippen molar-refractivity contribution in [1.29, 1.82) is 0 Å². The first-order valence-corrected chi connectivity index (χ1v) is 5.38. The van der Waals surface area contributed by atoms with Gasteiger partial charge in [-0.15, -0.1) is 0 Å². The van der Waals surface area contributed by atoms with E-state index in [4.69, 9.17) is 9.15 Å². The van der Waals surface area contributed by atoms with E-state index in [-0.39, 0.29) is 0 Å². The Balaban J connectivity index is 2.56. The maximum atomic E-state index is 5.38. The summed E-state index contributed by atoms with van der Waals surface area (Å²) in [4.78, 5) is 0. The SMILES string of the molecule is C=C(OCC)c1ccoc1CNCCC. The first-order valence-electron chi connectivity index (χ1n) is 5.38. The third kappa shape index (κ3) is 3.44. The van der Waals surface area contributed by atoms with Crippen molar-refractivity contribution in [2.24, 2.45) is 0 Å². The molecule has 0 aliphatic carbocycles. The van der Waals surface area contributed by atoms with Crippen molar-refractivity contribution in [1.82, 2.24) is 5.32 Å². The molecule has 0 amide bonds. The van der Waals surface area contributed by atoms with Gasteiger partial charge in [-0.25, -0.2) is 0 Å². The smallest absolute Gasteiger partial charge is 0.128 e. The van der Waals surface area contributed by atoms with E-state index in [0.717, 1.165) is 30.8 Å². The molecule has 0 radical (unpaired) electrons. The molecule has 0 saturated carbocycles. The van der Waals surface area contributed by atoms with Crippen LogP contribution >= 0.6 is 0 Å². The second-order valence-corrected chi connectivity index (χ2v) is 3.29. The van der Waals surface area contributed by atoms with Crippen molar-refractivity contribution in [3.63, 3.8) is 0 Å². The van der Waals surface area contributed by atoms with Crippen LogP contribution in [-0.2, 0) is 11.3 Å². The largest absolute Gasteiger partial charge is 0.494 e. The van der Waals surface area contributed by atoms with Gasteiger partial charge in [-0.2, -0.15) is 0 Å². The summed E-state index contributed by atoms with van der Waals surface area (Å²) in [6, 6.07) is 1.89. The Morgan fingerprint density at radius 1 is 1.53 bits per heavy atom. The number of hydrogen-bond donors (Lipinski definition) is 1. The molecule has 0 aliphatic heterocycles. The number of furan rings is 1. The second-order valence-electron chi connectivity index (χ2n) is 3.29. The predicted molar refractivity (Wildman–Crippen MR) is 61.4 cm³/mol. The minimum absolute atomic E-state index is 0.631. The third-order valence-corrected chi connectivity index (χ3v) is 2.08. The van der Waals surface area contributed by atoms with Crippen molar-refractivity contribution in [2.45, 2.75) is 26.8 Å². The molecule has 15 heavy (non-hydrogen) atoms. The molecule has 1 aromatic rings. The predicted octanol–water partition coefficient (Wildman–Crippen LogP) is 2.79. The molecule has 0 atom stereocenters. The normalized spacial score (nSPS) is 10.3. The van der Waals surface area contributed by atoms with Crippen molar-refractivity contribution in [2.75, 3.05) is 13.2 Å². The molecule has 0 spiro atoms. The summed E-state index contributed by atoms with van der Waals surface area (Å²) in [6.07, 6.45) is 2.78. The van der Waals surface area contributed by atoms with Crippen LogP contribution in [0.1, 0.15) is 31.6 Å². The van der Waals surface area contributed by atoms with Gasteiger partial charge in [0.05, 0.1) is 25.0 Å². The fourth-order valence-corrected chi connectivity index (χ4v) is 1.36. The zero-order valence-corrected chi connectivity index (χ0v) is 9.51. The van der Waals surface area contributed by atoms with Crippen molar-refractivity contribution < 1.29 is 9.15 Å². The van der Waals surface area contributed by atoms with Crippen LogP contribution in [0.15, 0.2) is 23.3 Å². The van der Waals surface area contributed by atoms with Gasteiger partial charge in [-0.05, 0) is 26.0 Å². The maximum absolute atomic E-state index is 5.38. The lowest BCUT2D eigenvalue weighted by Gasteiger charge is -2.07. The van der Waals surface area contributed by atoms with E-state index in [1.54, 1.807) is 6.26 Å². The second kappa shape index (κ2) is 6.30. The van der Waals surface area contributed by atoms with Gasteiger partial charge in [-0.1, -0.05) is 13.5 Å². The minimum atomic E-state index is 0.631. The zero-order valence-electron chi connectivity index (χ0n) is 9.51. The number of hydrogen-bond acceptors (Lipinski definition) is 3. The summed E-state index contributed by atoms with van der Waals surface area (Å²) < 4.78 is 10.7. The highest BCUT2D eigenvalue weighted by atomic mass is 16.5. The average Bonchev–Trinajstić information content (AvgIpc) is 2.67. The average molecular weight is 209 g/mol. The van der Waals surface area contributed by atoms with Gasteiger partial charge in [-0.3, -0.25) is 0 Å². The molecule has 0 unspecified atom stereocenters. The molecule has 0 fully saturated rings. The highest BCUT2D eigenvalue weighted by molar-refractivity contribution is 5.58. The Morgan fingerprint density at radius 2 is 2.33 bits per heavy atom. The first-order chi connectivity index (χ1) is 7.29. The highest BCUT2D eigenvalue weighted by Gasteiger charge is 2.09. The Kier molecular flexibility index (Phi) is 4.98. The summed E-state index contributed by atoms with van der Waals surface area (Å²) in [5.41, 5.74) is 0.959. The van der Waals surface area contributed by atoms with Crippen LogP contribution in [0.3, 0.4) is 0 Å². The monoisotopic (exact) mass is 209 g/mol. The topological polar surface area (TPSA) is 34.4 Å². The molecule has 0 saturated heterocycles. The minimum Gasteiger partial charge on any atom is -0.494 e. The van der Waals surface area contributed by atoms with E-state index in [2.05, 4.69) is 18.8 Å². The van der Waals surface area contributed by atoms with Gasteiger partial charge >= 0.3 is 0 Å². The van der Waals surface area contributed by atoms with Crippen LogP contribution in [0.4, 0.5) is 0 Å². The van der Waals surface area contributed by atoms with Crippen LogP contribution in [0.25, 0.3) is 5.76 Å². The lowest BCUT2D eigenvalue weighted by molar-refractivity contribution is 0.298. The maximum Gasteiger partial charge on any atom is 0.128 e. The fourth-order valence-electron chi connectivity index (χ4n) is 1.36. The summed E-state index contributed by atoms with van der Waals surface area (Å²) in [6.45, 7) is 10.3. The zero-order chi connectivity index (χ0) is 11.1. The molecule has 0 bridgehead atoms. The van der Waals surface area contributed by atoms with E-state index in [0.29, 0.717) is 12.4 Å². The molecule has 3 heteroatoms. The van der Waals surface area contributed by atoms with Gasteiger partial charge in [0.2, 0.25) is 0 Å². The molecule has 1 aromatic heterocycles. The highest BCUT2D eigenvalue weighted by Crippen LogP contribution is 2.19. The Hall–Kier alpha value is -1.22. The molecule has 3 nitrogen and oxygen atoms in total. The Morgan fingerprint density at radius 3 is 3.00 bits per heavy atom. The van der Waals surface area contributed by atoms with E-state index in [1.807, 2.05) is 13.0 Å². The van der Waals surface area contributed by atoms with Crippen molar-refractivity contribution >= 4 is 5.76 Å². The van der Waals surface area contributed by atoms with Gasteiger partial charge < -0.3 is 14.5 Å². The van der Waals surface area contributed by atoms with Crippen LogP contribution in [-0.4, -0.2) is 13.2 Å². The van der Waals surface area contributed by atoms with E-state index in [9.17, 15) is 0 Å². The van der Waals surface area contributed by atoms with Crippen molar-refractivity contribution in [3.8, 4) is 0 Å². The van der Waals surface area contributed by atoms with E-state index >= 15 is 0 Å². The summed E-state index contributed by atoms with van der Waals surface area (Å²) in [5.74, 6) is 1.57. The molecular weight excluding hydrogens is 190 g/mol. The molecule has 0 aliphatic rings. The standard InChI is InChI=1S/C12H19NO2/c1-4-7-13-9-12-11(6-8-15-12)10(3)14-5-2/h6,8,13H,3-5,7,9H2,1-2H3. The summed E-state index contributed by atoms with van der Waals surface area (Å²) >= 11 is 0. The van der Waals surface area contributed by atoms with Crippen LogP contribution in [0.5, 0.6) is 0 Å². The third-order valence-electron chi connectivity index (χ3n) is 2.08. The van der Waals surface area contributed by atoms with Gasteiger partial charge in [0.1, 0.15) is 11.5 Å². The number of rotatable bonds is 7. The lowest BCUT2D eigenvalue weighted by atomic mass is 10.2. The van der Waals surface area contributed by atoms with E-state index < -0.39 is 0 Å². The molecule has 1 heterocycles. The van der Waals surface area contributed by atoms with Crippen LogP contribution in [0.2, 0.25) is 0 Å². The lowest BCUT2D eigenvalue weighted by Crippen LogP contribution is -2.14. The molecule has 1 rings (SSSR count). The molecule has 1 N–H and O–H groups in total. The molecule has 0 aromatic carbocycles. The Labute approximate surface area is 91.1 Å². The first kappa shape index (κ1) is 11.9. The van der Waals surface area contributed by atoms with Crippen molar-refractivity contribution in [3.05, 3.63) is 30.2 Å². The van der Waals surface area contributed by atoms with Gasteiger partial charge in [0.25, 0.3) is 0 Å². The number of ether oxygens (including phenoxy) is 1. The number of nitrogens with one attached hydrogen (secondary N) is 1. The summed E-state index contributed by atoms with van der Waals surface area (Å²) in [7, 11) is 0. The van der Waals surface area contributed by atoms with Gasteiger partial charge in [0.15, 0.2) is 0 Å². The summed E-state index contributed by atoms with van der Waals surface area (Å²) in [5, 5.41) is 3.28.